The van der Waals surface area contributed by atoms with Gasteiger partial charge in [0.05, 0.1) is 13.2 Å². The van der Waals surface area contributed by atoms with Gasteiger partial charge in [-0.1, -0.05) is 47.6 Å². The van der Waals surface area contributed by atoms with Crippen LogP contribution in [0, 0.1) is 56.2 Å². The number of hydrogen-bond donors (Lipinski definition) is 0. The molecule has 5 aliphatic carbocycles. The van der Waals surface area contributed by atoms with Crippen LogP contribution in [0.3, 0.4) is 0 Å². The molecule has 6 rings (SSSR count). The topological polar surface area (TPSA) is 26.3 Å². The lowest BCUT2D eigenvalue weighted by Crippen LogP contribution is -2.73. The highest BCUT2D eigenvalue weighted by Crippen LogP contribution is 2.79. The van der Waals surface area contributed by atoms with Gasteiger partial charge in [0.1, 0.15) is 0 Å². The number of rotatable bonds is 0. The Bertz CT molecular complexity index is 872. The lowest BCUT2D eigenvalue weighted by molar-refractivity contribution is -0.314. The van der Waals surface area contributed by atoms with E-state index in [4.69, 9.17) is 4.74 Å². The summed E-state index contributed by atoms with van der Waals surface area (Å²) in [7, 11) is 0. The van der Waals surface area contributed by atoms with Gasteiger partial charge in [-0.05, 0) is 103 Å². The van der Waals surface area contributed by atoms with Crippen LogP contribution in [0.15, 0.2) is 12.2 Å². The van der Waals surface area contributed by atoms with Gasteiger partial charge in [-0.3, -0.25) is 4.79 Å². The minimum Gasteiger partial charge on any atom is -0.380 e. The van der Waals surface area contributed by atoms with Crippen LogP contribution < -0.4 is 0 Å². The third kappa shape index (κ3) is 2.39. The molecule has 2 heteroatoms. The quantitative estimate of drug-likeness (QED) is 0.399. The van der Waals surface area contributed by atoms with Crippen LogP contribution in [0.2, 0.25) is 0 Å². The Balaban J connectivity index is 1.46. The molecule has 4 saturated carbocycles. The molecule has 0 radical (unpaired) electrons. The smallest absolute Gasteiger partial charge is 0.158 e. The fourth-order valence-electron chi connectivity index (χ4n) is 11.1. The Labute approximate surface area is 196 Å². The van der Waals surface area contributed by atoms with Crippen LogP contribution in [0.1, 0.15) is 99.3 Å². The summed E-state index contributed by atoms with van der Waals surface area (Å²) < 4.78 is 6.72. The Morgan fingerprint density at radius 1 is 0.875 bits per heavy atom. The van der Waals surface area contributed by atoms with Crippen molar-refractivity contribution in [1.82, 2.24) is 0 Å². The maximum absolute atomic E-state index is 12.7. The zero-order valence-corrected chi connectivity index (χ0v) is 21.6. The van der Waals surface area contributed by atoms with Crippen molar-refractivity contribution in [1.29, 1.82) is 0 Å². The molecule has 1 spiro atoms. The highest BCUT2D eigenvalue weighted by Gasteiger charge is 2.74. The molecule has 5 fully saturated rings. The van der Waals surface area contributed by atoms with Gasteiger partial charge in [0.25, 0.3) is 0 Å². The third-order valence-corrected chi connectivity index (χ3v) is 13.4. The van der Waals surface area contributed by atoms with E-state index in [0.29, 0.717) is 33.4 Å². The summed E-state index contributed by atoms with van der Waals surface area (Å²) >= 11 is 0. The van der Waals surface area contributed by atoms with Crippen molar-refractivity contribution in [3.05, 3.63) is 12.2 Å². The predicted octanol–water partition coefficient (Wildman–Crippen LogP) is 7.22. The molecule has 2 bridgehead atoms. The lowest BCUT2D eigenvalue weighted by Gasteiger charge is -2.76. The molecule has 6 aliphatic rings. The molecule has 1 heterocycles. The first kappa shape index (κ1) is 21.9. The van der Waals surface area contributed by atoms with Crippen molar-refractivity contribution in [2.24, 2.45) is 56.2 Å². The molecular formula is C30H46O2. The number of allylic oxidation sites excluding steroid dienone is 2. The van der Waals surface area contributed by atoms with E-state index in [1.807, 2.05) is 6.08 Å². The second-order valence-electron chi connectivity index (χ2n) is 14.9. The van der Waals surface area contributed by atoms with Crippen molar-refractivity contribution in [3.63, 3.8) is 0 Å². The van der Waals surface area contributed by atoms with Crippen molar-refractivity contribution in [2.45, 2.75) is 99.3 Å². The van der Waals surface area contributed by atoms with Gasteiger partial charge in [0.15, 0.2) is 5.78 Å². The predicted molar refractivity (Wildman–Crippen MR) is 129 cm³/mol. The van der Waals surface area contributed by atoms with Crippen molar-refractivity contribution in [3.8, 4) is 0 Å². The van der Waals surface area contributed by atoms with Gasteiger partial charge >= 0.3 is 0 Å². The zero-order chi connectivity index (χ0) is 22.8. The van der Waals surface area contributed by atoms with Crippen LogP contribution >= 0.6 is 0 Å². The van der Waals surface area contributed by atoms with Crippen molar-refractivity contribution in [2.75, 3.05) is 13.2 Å². The molecule has 0 N–H and O–H groups in total. The standard InChI is InChI=1S/C30H46O2/c1-20-21(31)7-8-22-27(20,5)10-9-23-29(22)15-14-28(6)24-17-25(2,3)11-12-26(24,4)13-16-30(23,28)19-32-18-29/h7-8,20,22-24H,9-19H2,1-6H3. The van der Waals surface area contributed by atoms with Crippen LogP contribution in [0.5, 0.6) is 0 Å². The fourth-order valence-corrected chi connectivity index (χ4v) is 11.1. The zero-order valence-electron chi connectivity index (χ0n) is 21.6. The lowest BCUT2D eigenvalue weighted by atomic mass is 9.29. The van der Waals surface area contributed by atoms with Gasteiger partial charge in [-0.25, -0.2) is 0 Å². The molecule has 1 saturated heterocycles. The van der Waals surface area contributed by atoms with E-state index in [1.54, 1.807) is 0 Å². The van der Waals surface area contributed by atoms with Gasteiger partial charge in [0.2, 0.25) is 0 Å². The molecule has 0 aromatic heterocycles. The van der Waals surface area contributed by atoms with Crippen molar-refractivity contribution < 1.29 is 9.53 Å². The molecule has 0 amide bonds. The van der Waals surface area contributed by atoms with Gasteiger partial charge in [0, 0.05) is 16.7 Å². The molecular weight excluding hydrogens is 392 g/mol. The molecule has 178 valence electrons. The van der Waals surface area contributed by atoms with Gasteiger partial charge in [-0.2, -0.15) is 0 Å². The second-order valence-corrected chi connectivity index (χ2v) is 14.9. The molecule has 9 unspecified atom stereocenters. The molecule has 0 aromatic carbocycles. The minimum atomic E-state index is 0.105. The highest BCUT2D eigenvalue weighted by molar-refractivity contribution is 5.93. The Morgan fingerprint density at radius 2 is 1.62 bits per heavy atom. The maximum Gasteiger partial charge on any atom is 0.158 e. The molecule has 2 nitrogen and oxygen atoms in total. The first-order valence-electron chi connectivity index (χ1n) is 13.7. The monoisotopic (exact) mass is 438 g/mol. The van der Waals surface area contributed by atoms with Gasteiger partial charge in [-0.15, -0.1) is 0 Å². The average molecular weight is 439 g/mol. The third-order valence-electron chi connectivity index (χ3n) is 13.4. The number of ketones is 1. The van der Waals surface area contributed by atoms with E-state index in [1.165, 1.54) is 57.8 Å². The van der Waals surface area contributed by atoms with E-state index < -0.39 is 0 Å². The number of carbonyl (C=O) groups excluding carboxylic acids is 1. The maximum atomic E-state index is 12.7. The highest BCUT2D eigenvalue weighted by atomic mass is 16.5. The number of carbonyl (C=O) groups is 1. The van der Waals surface area contributed by atoms with E-state index in [-0.39, 0.29) is 16.7 Å². The molecule has 0 aromatic rings. The number of fused-ring (bicyclic) bond motifs is 3. The SMILES string of the molecule is CC1C(=O)C=CC2C1(C)CCC1C23CCC2(C)C4CC(C)(C)CCC4(C)CCC12COC3. The van der Waals surface area contributed by atoms with E-state index in [2.05, 4.69) is 47.6 Å². The summed E-state index contributed by atoms with van der Waals surface area (Å²) in [5, 5.41) is 0. The summed E-state index contributed by atoms with van der Waals surface area (Å²) in [5.74, 6) is 2.58. The van der Waals surface area contributed by atoms with E-state index in [9.17, 15) is 4.79 Å². The van der Waals surface area contributed by atoms with Crippen LogP contribution in [0.4, 0.5) is 0 Å². The van der Waals surface area contributed by atoms with Gasteiger partial charge < -0.3 is 4.74 Å². The van der Waals surface area contributed by atoms with Crippen LogP contribution in [0.25, 0.3) is 0 Å². The summed E-state index contributed by atoms with van der Waals surface area (Å²) in [6.07, 6.45) is 16.5. The van der Waals surface area contributed by atoms with E-state index >= 15 is 0 Å². The average Bonchev–Trinajstić information content (AvgIpc) is 2.74. The van der Waals surface area contributed by atoms with Crippen LogP contribution in [-0.2, 0) is 9.53 Å². The fraction of sp³-hybridized carbons (Fsp3) is 0.900. The molecule has 9 atom stereocenters. The first-order chi connectivity index (χ1) is 14.9. The second kappa shape index (κ2) is 6.32. The van der Waals surface area contributed by atoms with Crippen LogP contribution in [-0.4, -0.2) is 19.0 Å². The summed E-state index contributed by atoms with van der Waals surface area (Å²) in [6.45, 7) is 17.0. The Hall–Kier alpha value is -0.630. The van der Waals surface area contributed by atoms with E-state index in [0.717, 1.165) is 25.0 Å². The van der Waals surface area contributed by atoms with Crippen molar-refractivity contribution >= 4 is 5.78 Å². The molecule has 1 aliphatic heterocycles. The largest absolute Gasteiger partial charge is 0.380 e. The summed E-state index contributed by atoms with van der Waals surface area (Å²) in [5.41, 5.74) is 2.06. The number of hydrogen-bond acceptors (Lipinski definition) is 2. The molecule has 32 heavy (non-hydrogen) atoms. The minimum absolute atomic E-state index is 0.105. The Morgan fingerprint density at radius 3 is 2.41 bits per heavy atom. The Kier molecular flexibility index (Phi) is 4.32. The number of ether oxygens (including phenoxy) is 1. The first-order valence-corrected chi connectivity index (χ1v) is 13.7. The summed E-state index contributed by atoms with van der Waals surface area (Å²) in [4.78, 5) is 12.7. The summed E-state index contributed by atoms with van der Waals surface area (Å²) in [6, 6.07) is 0. The normalized spacial score (nSPS) is 58.2.